The topological polar surface area (TPSA) is 160 Å². The van der Waals surface area contributed by atoms with E-state index < -0.39 is 89.2 Å². The molecule has 0 spiro atoms. The fourth-order valence-corrected chi connectivity index (χ4v) is 6.03. The molecule has 2 aromatic rings. The molecule has 5 rings (SSSR count). The zero-order valence-corrected chi connectivity index (χ0v) is 26.6. The van der Waals surface area contributed by atoms with Crippen molar-refractivity contribution in [1.29, 1.82) is 0 Å². The Balaban J connectivity index is 1.49. The lowest BCUT2D eigenvalue weighted by Gasteiger charge is -2.30. The third kappa shape index (κ3) is 7.79. The maximum atomic E-state index is 14.1. The molecule has 5 atom stereocenters. The van der Waals surface area contributed by atoms with Crippen LogP contribution >= 0.6 is 0 Å². The largest absolute Gasteiger partial charge is 0.479 e. The lowest BCUT2D eigenvalue weighted by Crippen LogP contribution is -2.56. The van der Waals surface area contributed by atoms with E-state index in [1.807, 2.05) is 6.08 Å². The Bertz CT molecular complexity index is 1630. The number of aliphatic carboxylic acids is 1. The van der Waals surface area contributed by atoms with Crippen LogP contribution in [0.2, 0.25) is 0 Å². The van der Waals surface area contributed by atoms with Gasteiger partial charge in [-0.2, -0.15) is 13.2 Å². The number of carboxylic acids is 1. The second-order valence-corrected chi connectivity index (χ2v) is 13.3. The van der Waals surface area contributed by atoms with Crippen LogP contribution in [0.3, 0.4) is 0 Å². The summed E-state index contributed by atoms with van der Waals surface area (Å²) < 4.78 is 67.2. The monoisotopic (exact) mass is 679 g/mol. The number of alkyl carbamates (subject to hydrolysis) is 1. The summed E-state index contributed by atoms with van der Waals surface area (Å²) in [4.78, 5) is 61.5. The van der Waals surface area contributed by atoms with Gasteiger partial charge in [0.2, 0.25) is 23.4 Å². The van der Waals surface area contributed by atoms with Gasteiger partial charge >= 0.3 is 18.2 Å². The van der Waals surface area contributed by atoms with Crippen molar-refractivity contribution in [2.75, 3.05) is 6.54 Å². The van der Waals surface area contributed by atoms with Gasteiger partial charge < -0.3 is 30.1 Å². The third-order valence-corrected chi connectivity index (χ3v) is 8.45. The Kier molecular flexibility index (Phi) is 9.57. The molecule has 3 N–H and O–H groups in total. The molecule has 1 aromatic heterocycles. The average Bonchev–Trinajstić information content (AvgIpc) is 3.51. The molecule has 2 aliphatic heterocycles. The van der Waals surface area contributed by atoms with Crippen molar-refractivity contribution >= 4 is 34.9 Å². The van der Waals surface area contributed by atoms with Gasteiger partial charge in [-0.15, -0.1) is 0 Å². The molecule has 3 aliphatic rings. The predicted octanol–water partition coefficient (Wildman–Crippen LogP) is 4.51. The van der Waals surface area contributed by atoms with Gasteiger partial charge in [0.1, 0.15) is 35.1 Å². The minimum atomic E-state index is -5.02. The fraction of sp³-hybridized carbons (Fsp3) is 0.562. The van der Waals surface area contributed by atoms with Crippen molar-refractivity contribution < 1.29 is 51.3 Å². The number of rotatable bonds is 4. The average molecular weight is 680 g/mol. The predicted molar refractivity (Wildman–Crippen MR) is 161 cm³/mol. The van der Waals surface area contributed by atoms with Gasteiger partial charge in [0.25, 0.3) is 0 Å². The van der Waals surface area contributed by atoms with Crippen molar-refractivity contribution in [3.63, 3.8) is 0 Å². The minimum absolute atomic E-state index is 0.117. The number of carbonyl (C=O) groups is 4. The van der Waals surface area contributed by atoms with E-state index in [1.165, 1.54) is 0 Å². The number of carboxylic acid groups (broad SMARTS) is 1. The lowest BCUT2D eigenvalue weighted by atomic mass is 10.0. The van der Waals surface area contributed by atoms with Crippen molar-refractivity contribution in [3.8, 4) is 5.88 Å². The number of carbonyl (C=O) groups excluding carboxylic acids is 3. The first kappa shape index (κ1) is 34.8. The van der Waals surface area contributed by atoms with Crippen LogP contribution in [0.1, 0.15) is 71.4 Å². The molecule has 0 bridgehead atoms. The Labute approximate surface area is 273 Å². The highest BCUT2D eigenvalue weighted by molar-refractivity contribution is 5.96. The van der Waals surface area contributed by atoms with Crippen LogP contribution < -0.4 is 15.4 Å². The van der Waals surface area contributed by atoms with Gasteiger partial charge in [-0.3, -0.25) is 9.59 Å². The van der Waals surface area contributed by atoms with Gasteiger partial charge in [0, 0.05) is 18.4 Å². The van der Waals surface area contributed by atoms with E-state index in [2.05, 4.69) is 20.6 Å². The first-order valence-corrected chi connectivity index (χ1v) is 15.7. The number of allylic oxidation sites excluding steroid dienone is 1. The summed E-state index contributed by atoms with van der Waals surface area (Å²) in [6.45, 7) is 4.52. The van der Waals surface area contributed by atoms with Crippen LogP contribution in [-0.4, -0.2) is 79.7 Å². The van der Waals surface area contributed by atoms with Crippen LogP contribution in [0.5, 0.6) is 5.88 Å². The zero-order chi connectivity index (χ0) is 35.0. The number of alkyl halides is 3. The molecule has 1 aliphatic carbocycles. The van der Waals surface area contributed by atoms with Gasteiger partial charge in [-0.05, 0) is 58.6 Å². The number of nitrogens with zero attached hydrogens (tertiary/aromatic N) is 3. The molecule has 0 unspecified atom stereocenters. The second-order valence-electron chi connectivity index (χ2n) is 13.3. The van der Waals surface area contributed by atoms with Gasteiger partial charge in [-0.1, -0.05) is 25.0 Å². The number of hydrogen-bond acceptors (Lipinski definition) is 8. The maximum absolute atomic E-state index is 14.1. The molecule has 2 fully saturated rings. The van der Waals surface area contributed by atoms with Gasteiger partial charge in [0.15, 0.2) is 0 Å². The first-order valence-electron chi connectivity index (χ1n) is 15.7. The fourth-order valence-electron chi connectivity index (χ4n) is 6.03. The number of halogens is 4. The number of aromatic nitrogens is 2. The maximum Gasteiger partial charge on any atom is 0.438 e. The van der Waals surface area contributed by atoms with Crippen LogP contribution in [0.15, 0.2) is 30.4 Å². The SMILES string of the molecule is CC(C)(C)OC(=O)N[C@H]1CCCCC/C=C\[C@@H]2C[C@@]2(C(=O)O)NC(=O)[C@@H]2C[C@@H](Oc3nc4cc(F)ccc4nc3C(F)(F)F)CN2C1=O. The molecule has 0 radical (unpaired) electrons. The molecule has 1 aromatic carbocycles. The van der Waals surface area contributed by atoms with E-state index in [0.29, 0.717) is 19.3 Å². The smallest absolute Gasteiger partial charge is 0.438 e. The molecular weight excluding hydrogens is 642 g/mol. The van der Waals surface area contributed by atoms with Crippen molar-refractivity contribution in [3.05, 3.63) is 41.9 Å². The van der Waals surface area contributed by atoms with E-state index in [1.54, 1.807) is 26.8 Å². The summed E-state index contributed by atoms with van der Waals surface area (Å²) in [5.74, 6) is -5.07. The molecule has 1 saturated carbocycles. The van der Waals surface area contributed by atoms with E-state index in [9.17, 15) is 41.8 Å². The summed E-state index contributed by atoms with van der Waals surface area (Å²) in [6.07, 6.45) is -1.06. The first-order chi connectivity index (χ1) is 22.5. The standard InChI is InChI=1S/C32H37F4N5O7/c1-30(2,3)48-29(46)39-21-10-8-6-4-5-7-9-17-15-31(17,28(44)45)40-25(42)23-14-19(16-41(23)27(21)43)47-26-24(32(34,35)36)37-20-12-11-18(33)13-22(20)38-26/h7,9,11-13,17,19,21,23H,4-6,8,10,14-16H2,1-3H3,(H,39,46)(H,40,42)(H,44,45)/b9-7-/t17-,19-,21+,23+,31-/m1/s1. The molecule has 48 heavy (non-hydrogen) atoms. The molecule has 260 valence electrons. The van der Waals surface area contributed by atoms with E-state index >= 15 is 0 Å². The molecule has 3 amide bonds. The Morgan fingerprint density at radius 2 is 1.85 bits per heavy atom. The summed E-state index contributed by atoms with van der Waals surface area (Å²) >= 11 is 0. The molecular formula is C32H37F4N5O7. The number of ether oxygens (including phenoxy) is 2. The molecule has 1 saturated heterocycles. The van der Waals surface area contributed by atoms with Gasteiger partial charge in [0.05, 0.1) is 17.6 Å². The minimum Gasteiger partial charge on any atom is -0.479 e. The van der Waals surface area contributed by atoms with Crippen LogP contribution in [-0.2, 0) is 25.3 Å². The normalized spacial score (nSPS) is 27.5. The zero-order valence-electron chi connectivity index (χ0n) is 26.6. The third-order valence-electron chi connectivity index (χ3n) is 8.45. The number of nitrogens with one attached hydrogen (secondary N) is 2. The lowest BCUT2D eigenvalue weighted by molar-refractivity contribution is -0.146. The molecule has 16 heteroatoms. The Morgan fingerprint density at radius 1 is 1.10 bits per heavy atom. The van der Waals surface area contributed by atoms with Crippen LogP contribution in [0.4, 0.5) is 22.4 Å². The molecule has 3 heterocycles. The summed E-state index contributed by atoms with van der Waals surface area (Å²) in [6, 6.07) is 0.324. The van der Waals surface area contributed by atoms with E-state index in [-0.39, 0.29) is 30.3 Å². The van der Waals surface area contributed by atoms with Crippen LogP contribution in [0, 0.1) is 11.7 Å². The summed E-state index contributed by atoms with van der Waals surface area (Å²) in [5, 5.41) is 15.2. The number of hydrogen-bond donors (Lipinski definition) is 3. The van der Waals surface area contributed by atoms with Crippen molar-refractivity contribution in [1.82, 2.24) is 25.5 Å². The van der Waals surface area contributed by atoms with Crippen LogP contribution in [0.25, 0.3) is 11.0 Å². The second kappa shape index (κ2) is 13.2. The highest BCUT2D eigenvalue weighted by Gasteiger charge is 2.61. The van der Waals surface area contributed by atoms with Gasteiger partial charge in [-0.25, -0.2) is 23.9 Å². The quantitative estimate of drug-likeness (QED) is 0.312. The van der Waals surface area contributed by atoms with Crippen molar-refractivity contribution in [2.24, 2.45) is 5.92 Å². The number of amides is 3. The highest BCUT2D eigenvalue weighted by atomic mass is 19.4. The Hall–Kier alpha value is -4.50. The number of benzene rings is 1. The summed E-state index contributed by atoms with van der Waals surface area (Å²) in [7, 11) is 0. The highest BCUT2D eigenvalue weighted by Crippen LogP contribution is 2.45. The summed E-state index contributed by atoms with van der Waals surface area (Å²) in [5.41, 5.74) is -4.43. The van der Waals surface area contributed by atoms with Crippen molar-refractivity contribution in [2.45, 2.75) is 101 Å². The number of fused-ring (bicyclic) bond motifs is 3. The van der Waals surface area contributed by atoms with E-state index in [0.717, 1.165) is 29.5 Å². The van der Waals surface area contributed by atoms with E-state index in [4.69, 9.17) is 9.47 Å². The Morgan fingerprint density at radius 3 is 2.54 bits per heavy atom. The molecule has 12 nitrogen and oxygen atoms in total.